The second-order valence-electron chi connectivity index (χ2n) is 3.78. The Kier molecular flexibility index (Phi) is 4.87. The first-order chi connectivity index (χ1) is 8.04. The van der Waals surface area contributed by atoms with E-state index in [1.165, 1.54) is 0 Å². The van der Waals surface area contributed by atoms with Crippen LogP contribution in [0.15, 0.2) is 18.2 Å². The molecule has 17 heavy (non-hydrogen) atoms. The molecule has 1 amide bonds. The Balaban J connectivity index is 2.64. The normalized spacial score (nSPS) is 12.0. The van der Waals surface area contributed by atoms with Gasteiger partial charge in [-0.15, -0.1) is 0 Å². The average Bonchev–Trinajstić information content (AvgIpc) is 2.30. The lowest BCUT2D eigenvalue weighted by Gasteiger charge is -2.15. The van der Waals surface area contributed by atoms with Crippen LogP contribution in [0, 0.1) is 11.6 Å². The number of amides is 1. The minimum Gasteiger partial charge on any atom is -0.371 e. The number of benzene rings is 1. The molecule has 1 rings (SSSR count). The Hall–Kier alpha value is -1.65. The van der Waals surface area contributed by atoms with E-state index in [2.05, 4.69) is 10.6 Å². The Labute approximate surface area is 99.2 Å². The molecular formula is C12H16F2N2O. The molecule has 5 heteroatoms. The highest BCUT2D eigenvalue weighted by atomic mass is 19.1. The van der Waals surface area contributed by atoms with Gasteiger partial charge in [-0.05, 0) is 31.5 Å². The summed E-state index contributed by atoms with van der Waals surface area (Å²) in [5.41, 5.74) is -0.0100. The summed E-state index contributed by atoms with van der Waals surface area (Å²) in [4.78, 5) is 11.5. The first-order valence-electron chi connectivity index (χ1n) is 5.54. The summed E-state index contributed by atoms with van der Waals surface area (Å²) in [5, 5.41) is 5.30. The Morgan fingerprint density at radius 2 is 2.12 bits per heavy atom. The molecule has 0 aliphatic rings. The van der Waals surface area contributed by atoms with Gasteiger partial charge in [0.15, 0.2) is 0 Å². The molecule has 0 fully saturated rings. The van der Waals surface area contributed by atoms with Crippen molar-refractivity contribution in [2.45, 2.75) is 26.3 Å². The van der Waals surface area contributed by atoms with Crippen LogP contribution in [0.1, 0.15) is 20.3 Å². The fraction of sp³-hybridized carbons (Fsp3) is 0.417. The fourth-order valence-corrected chi connectivity index (χ4v) is 1.31. The van der Waals surface area contributed by atoms with E-state index in [1.54, 1.807) is 6.92 Å². The number of rotatable bonds is 5. The van der Waals surface area contributed by atoms with Gasteiger partial charge in [0, 0.05) is 6.54 Å². The van der Waals surface area contributed by atoms with Crippen LogP contribution in [0.5, 0.6) is 0 Å². The summed E-state index contributed by atoms with van der Waals surface area (Å²) < 4.78 is 26.2. The predicted octanol–water partition coefficient (Wildman–Crippen LogP) is 2.29. The molecule has 3 nitrogen and oxygen atoms in total. The van der Waals surface area contributed by atoms with E-state index in [1.807, 2.05) is 6.92 Å². The highest BCUT2D eigenvalue weighted by molar-refractivity contribution is 5.84. The van der Waals surface area contributed by atoms with E-state index in [4.69, 9.17) is 0 Å². The number of halogens is 2. The molecule has 0 aliphatic carbocycles. The standard InChI is InChI=1S/C12H16F2N2O/c1-3-6-15-12(17)8(2)16-11-7-9(13)4-5-10(11)14/h4-5,7-8,16H,3,6H2,1-2H3,(H,15,17). The van der Waals surface area contributed by atoms with Crippen LogP contribution < -0.4 is 10.6 Å². The third kappa shape index (κ3) is 4.01. The van der Waals surface area contributed by atoms with Gasteiger partial charge in [-0.1, -0.05) is 6.92 Å². The Morgan fingerprint density at radius 3 is 2.76 bits per heavy atom. The third-order valence-corrected chi connectivity index (χ3v) is 2.24. The van der Waals surface area contributed by atoms with Crippen LogP contribution in [-0.4, -0.2) is 18.5 Å². The minimum absolute atomic E-state index is 0.0100. The lowest BCUT2D eigenvalue weighted by molar-refractivity contribution is -0.121. The number of hydrogen-bond acceptors (Lipinski definition) is 2. The van der Waals surface area contributed by atoms with Crippen molar-refractivity contribution in [3.63, 3.8) is 0 Å². The monoisotopic (exact) mass is 242 g/mol. The molecule has 0 aliphatic heterocycles. The molecule has 1 atom stereocenters. The molecule has 0 saturated heterocycles. The van der Waals surface area contributed by atoms with Crippen molar-refractivity contribution < 1.29 is 13.6 Å². The van der Waals surface area contributed by atoms with E-state index < -0.39 is 17.7 Å². The quantitative estimate of drug-likeness (QED) is 0.831. The molecule has 0 radical (unpaired) electrons. The minimum atomic E-state index is -0.613. The van der Waals surface area contributed by atoms with Gasteiger partial charge in [-0.25, -0.2) is 8.78 Å². The van der Waals surface area contributed by atoms with Gasteiger partial charge in [0.05, 0.1) is 5.69 Å². The first kappa shape index (κ1) is 13.4. The molecule has 2 N–H and O–H groups in total. The predicted molar refractivity (Wildman–Crippen MR) is 62.7 cm³/mol. The second kappa shape index (κ2) is 6.18. The van der Waals surface area contributed by atoms with Crippen LogP contribution in [-0.2, 0) is 4.79 Å². The molecule has 0 heterocycles. The molecule has 1 aromatic carbocycles. The highest BCUT2D eigenvalue weighted by Crippen LogP contribution is 2.16. The van der Waals surface area contributed by atoms with Gasteiger partial charge >= 0.3 is 0 Å². The summed E-state index contributed by atoms with van der Waals surface area (Å²) >= 11 is 0. The van der Waals surface area contributed by atoms with Crippen LogP contribution in [0.2, 0.25) is 0 Å². The summed E-state index contributed by atoms with van der Waals surface area (Å²) in [6.07, 6.45) is 0.826. The first-order valence-corrected chi connectivity index (χ1v) is 5.54. The summed E-state index contributed by atoms with van der Waals surface area (Å²) in [5.74, 6) is -1.37. The molecular weight excluding hydrogens is 226 g/mol. The van der Waals surface area contributed by atoms with Crippen molar-refractivity contribution >= 4 is 11.6 Å². The topological polar surface area (TPSA) is 41.1 Å². The number of carbonyl (C=O) groups excluding carboxylic acids is 1. The lowest BCUT2D eigenvalue weighted by Crippen LogP contribution is -2.38. The molecule has 0 bridgehead atoms. The number of carbonyl (C=O) groups is 1. The largest absolute Gasteiger partial charge is 0.371 e. The number of hydrogen-bond donors (Lipinski definition) is 2. The van der Waals surface area contributed by atoms with Crippen molar-refractivity contribution in [2.24, 2.45) is 0 Å². The Bertz CT molecular complexity index is 396. The zero-order valence-electron chi connectivity index (χ0n) is 9.89. The molecule has 1 unspecified atom stereocenters. The van der Waals surface area contributed by atoms with Crippen molar-refractivity contribution in [3.8, 4) is 0 Å². The third-order valence-electron chi connectivity index (χ3n) is 2.24. The highest BCUT2D eigenvalue weighted by Gasteiger charge is 2.14. The lowest BCUT2D eigenvalue weighted by atomic mass is 10.2. The van der Waals surface area contributed by atoms with Crippen LogP contribution in [0.3, 0.4) is 0 Å². The maximum absolute atomic E-state index is 13.3. The fourth-order valence-electron chi connectivity index (χ4n) is 1.31. The van der Waals surface area contributed by atoms with Gasteiger partial charge in [-0.2, -0.15) is 0 Å². The zero-order valence-corrected chi connectivity index (χ0v) is 9.89. The summed E-state index contributed by atoms with van der Waals surface area (Å²) in [6, 6.07) is 2.47. The summed E-state index contributed by atoms with van der Waals surface area (Å²) in [6.45, 7) is 4.09. The van der Waals surface area contributed by atoms with Gasteiger partial charge in [0.1, 0.15) is 17.7 Å². The smallest absolute Gasteiger partial charge is 0.242 e. The van der Waals surface area contributed by atoms with E-state index in [0.717, 1.165) is 24.6 Å². The molecule has 0 saturated carbocycles. The van der Waals surface area contributed by atoms with Crippen LogP contribution in [0.25, 0.3) is 0 Å². The molecule has 1 aromatic rings. The number of anilines is 1. The van der Waals surface area contributed by atoms with Gasteiger partial charge in [-0.3, -0.25) is 4.79 Å². The maximum Gasteiger partial charge on any atom is 0.242 e. The zero-order chi connectivity index (χ0) is 12.8. The van der Waals surface area contributed by atoms with Crippen molar-refractivity contribution in [2.75, 3.05) is 11.9 Å². The van der Waals surface area contributed by atoms with E-state index >= 15 is 0 Å². The average molecular weight is 242 g/mol. The summed E-state index contributed by atoms with van der Waals surface area (Å²) in [7, 11) is 0. The van der Waals surface area contributed by atoms with E-state index in [9.17, 15) is 13.6 Å². The molecule has 0 spiro atoms. The van der Waals surface area contributed by atoms with Gasteiger partial charge in [0.25, 0.3) is 0 Å². The second-order valence-corrected chi connectivity index (χ2v) is 3.78. The van der Waals surface area contributed by atoms with Crippen molar-refractivity contribution in [1.29, 1.82) is 0 Å². The van der Waals surface area contributed by atoms with E-state index in [0.29, 0.717) is 6.54 Å². The van der Waals surface area contributed by atoms with Crippen molar-refractivity contribution in [1.82, 2.24) is 5.32 Å². The van der Waals surface area contributed by atoms with Crippen LogP contribution in [0.4, 0.5) is 14.5 Å². The van der Waals surface area contributed by atoms with Crippen molar-refractivity contribution in [3.05, 3.63) is 29.8 Å². The molecule has 94 valence electrons. The molecule has 0 aromatic heterocycles. The van der Waals surface area contributed by atoms with E-state index in [-0.39, 0.29) is 11.6 Å². The van der Waals surface area contributed by atoms with Crippen LogP contribution >= 0.6 is 0 Å². The Morgan fingerprint density at radius 1 is 1.41 bits per heavy atom. The number of nitrogens with one attached hydrogen (secondary N) is 2. The van der Waals surface area contributed by atoms with Gasteiger partial charge < -0.3 is 10.6 Å². The maximum atomic E-state index is 13.3. The SMILES string of the molecule is CCCNC(=O)C(C)Nc1cc(F)ccc1F. The van der Waals surface area contributed by atoms with Gasteiger partial charge in [0.2, 0.25) is 5.91 Å².